The molecule has 4 heteroatoms. The summed E-state index contributed by atoms with van der Waals surface area (Å²) < 4.78 is 0. The Balaban J connectivity index is 2.34. The number of hydrogen-bond acceptors (Lipinski definition) is 3. The molecule has 0 aliphatic carbocycles. The van der Waals surface area contributed by atoms with Crippen molar-refractivity contribution in [1.82, 2.24) is 10.6 Å². The standard InChI is InChI=1S/C14H28N2OS/c1-10(2)7-15-13(17)11(3)16-12-6-14(4,5)9-18-8-12/h10-12,16H,6-9H2,1-5H3,(H,15,17). The predicted molar refractivity (Wildman–Crippen MR) is 80.0 cm³/mol. The summed E-state index contributed by atoms with van der Waals surface area (Å²) >= 11 is 1.99. The fourth-order valence-corrected chi connectivity index (χ4v) is 3.54. The first-order valence-corrected chi connectivity index (χ1v) is 8.07. The van der Waals surface area contributed by atoms with E-state index in [-0.39, 0.29) is 11.9 Å². The van der Waals surface area contributed by atoms with Crippen LogP contribution in [0.1, 0.15) is 41.0 Å². The highest BCUT2D eigenvalue weighted by atomic mass is 32.2. The number of amides is 1. The van der Waals surface area contributed by atoms with Crippen LogP contribution in [0, 0.1) is 11.3 Å². The van der Waals surface area contributed by atoms with Gasteiger partial charge in [-0.1, -0.05) is 27.7 Å². The third-order valence-corrected chi connectivity index (χ3v) is 4.80. The zero-order chi connectivity index (χ0) is 13.8. The van der Waals surface area contributed by atoms with Gasteiger partial charge in [-0.3, -0.25) is 4.79 Å². The molecular formula is C14H28N2OS. The second-order valence-corrected chi connectivity index (χ2v) is 7.64. The van der Waals surface area contributed by atoms with Crippen LogP contribution in [-0.4, -0.2) is 36.0 Å². The first kappa shape index (κ1) is 15.8. The number of thioether (sulfide) groups is 1. The van der Waals surface area contributed by atoms with Crippen molar-refractivity contribution in [3.05, 3.63) is 0 Å². The zero-order valence-electron chi connectivity index (χ0n) is 12.4. The van der Waals surface area contributed by atoms with Crippen LogP contribution >= 0.6 is 11.8 Å². The van der Waals surface area contributed by atoms with Gasteiger partial charge in [-0.05, 0) is 30.4 Å². The molecule has 0 aromatic rings. The maximum atomic E-state index is 11.9. The Kier molecular flexibility index (Phi) is 5.99. The Labute approximate surface area is 116 Å². The average Bonchev–Trinajstić information content (AvgIpc) is 2.24. The molecule has 0 bridgehead atoms. The number of hydrogen-bond donors (Lipinski definition) is 2. The normalized spacial score (nSPS) is 24.9. The molecule has 1 rings (SSSR count). The van der Waals surface area contributed by atoms with E-state index < -0.39 is 0 Å². The quantitative estimate of drug-likeness (QED) is 0.806. The lowest BCUT2D eigenvalue weighted by molar-refractivity contribution is -0.123. The molecule has 2 atom stereocenters. The van der Waals surface area contributed by atoms with Gasteiger partial charge in [-0.15, -0.1) is 0 Å². The highest BCUT2D eigenvalue weighted by Gasteiger charge is 2.29. The van der Waals surface area contributed by atoms with Crippen LogP contribution in [0.2, 0.25) is 0 Å². The Bertz CT molecular complexity index is 279. The maximum Gasteiger partial charge on any atom is 0.236 e. The number of rotatable bonds is 5. The molecule has 1 fully saturated rings. The van der Waals surface area contributed by atoms with Gasteiger partial charge in [-0.25, -0.2) is 0 Å². The van der Waals surface area contributed by atoms with E-state index in [9.17, 15) is 4.79 Å². The molecule has 1 aliphatic heterocycles. The van der Waals surface area contributed by atoms with E-state index in [1.807, 2.05) is 18.7 Å². The molecule has 1 aliphatic rings. The smallest absolute Gasteiger partial charge is 0.236 e. The van der Waals surface area contributed by atoms with Crippen molar-refractivity contribution >= 4 is 17.7 Å². The third-order valence-electron chi connectivity index (χ3n) is 3.17. The van der Waals surface area contributed by atoms with Crippen LogP contribution < -0.4 is 10.6 Å². The van der Waals surface area contributed by atoms with Crippen LogP contribution in [-0.2, 0) is 4.79 Å². The predicted octanol–water partition coefficient (Wildman–Crippen LogP) is 2.27. The van der Waals surface area contributed by atoms with Crippen molar-refractivity contribution in [3.63, 3.8) is 0 Å². The maximum absolute atomic E-state index is 11.9. The van der Waals surface area contributed by atoms with Gasteiger partial charge in [0, 0.05) is 18.3 Å². The minimum absolute atomic E-state index is 0.0942. The summed E-state index contributed by atoms with van der Waals surface area (Å²) in [5.41, 5.74) is 0.384. The Morgan fingerprint density at radius 2 is 2.06 bits per heavy atom. The minimum Gasteiger partial charge on any atom is -0.354 e. The van der Waals surface area contributed by atoms with Gasteiger partial charge in [0.05, 0.1) is 6.04 Å². The molecular weight excluding hydrogens is 244 g/mol. The summed E-state index contributed by atoms with van der Waals surface area (Å²) in [5, 5.41) is 6.45. The lowest BCUT2D eigenvalue weighted by atomic mass is 9.87. The van der Waals surface area contributed by atoms with Crippen molar-refractivity contribution in [3.8, 4) is 0 Å². The van der Waals surface area contributed by atoms with E-state index >= 15 is 0 Å². The van der Waals surface area contributed by atoms with Crippen LogP contribution in [0.25, 0.3) is 0 Å². The molecule has 0 saturated carbocycles. The molecule has 0 aromatic carbocycles. The Morgan fingerprint density at radius 3 is 2.61 bits per heavy atom. The highest BCUT2D eigenvalue weighted by molar-refractivity contribution is 7.99. The lowest BCUT2D eigenvalue weighted by Crippen LogP contribution is -2.50. The molecule has 106 valence electrons. The molecule has 0 spiro atoms. The van der Waals surface area contributed by atoms with Gasteiger partial charge in [-0.2, -0.15) is 11.8 Å². The summed E-state index contributed by atoms with van der Waals surface area (Å²) in [6.07, 6.45) is 1.15. The summed E-state index contributed by atoms with van der Waals surface area (Å²) in [7, 11) is 0. The SMILES string of the molecule is CC(C)CNC(=O)C(C)NC1CSCC(C)(C)C1. The summed E-state index contributed by atoms with van der Waals surface area (Å²) in [6.45, 7) is 11.5. The fourth-order valence-electron chi connectivity index (χ4n) is 2.26. The monoisotopic (exact) mass is 272 g/mol. The minimum atomic E-state index is -0.0942. The Morgan fingerprint density at radius 1 is 1.39 bits per heavy atom. The molecule has 3 nitrogen and oxygen atoms in total. The van der Waals surface area contributed by atoms with E-state index in [2.05, 4.69) is 38.3 Å². The lowest BCUT2D eigenvalue weighted by Gasteiger charge is -2.36. The molecule has 0 aromatic heterocycles. The van der Waals surface area contributed by atoms with Crippen molar-refractivity contribution in [1.29, 1.82) is 0 Å². The van der Waals surface area contributed by atoms with Gasteiger partial charge in [0.1, 0.15) is 0 Å². The number of carbonyl (C=O) groups is 1. The highest BCUT2D eigenvalue weighted by Crippen LogP contribution is 2.33. The molecule has 2 N–H and O–H groups in total. The van der Waals surface area contributed by atoms with Gasteiger partial charge in [0.25, 0.3) is 0 Å². The molecule has 1 saturated heterocycles. The largest absolute Gasteiger partial charge is 0.354 e. The summed E-state index contributed by atoms with van der Waals surface area (Å²) in [4.78, 5) is 11.9. The van der Waals surface area contributed by atoms with Gasteiger partial charge in [0.2, 0.25) is 5.91 Å². The van der Waals surface area contributed by atoms with Crippen molar-refractivity contribution in [2.75, 3.05) is 18.1 Å². The molecule has 1 amide bonds. The molecule has 18 heavy (non-hydrogen) atoms. The second-order valence-electron chi connectivity index (χ2n) is 6.61. The van der Waals surface area contributed by atoms with Gasteiger partial charge >= 0.3 is 0 Å². The first-order valence-electron chi connectivity index (χ1n) is 6.91. The van der Waals surface area contributed by atoms with Crippen LogP contribution in [0.4, 0.5) is 0 Å². The fraction of sp³-hybridized carbons (Fsp3) is 0.929. The van der Waals surface area contributed by atoms with Crippen LogP contribution in [0.5, 0.6) is 0 Å². The van der Waals surface area contributed by atoms with E-state index in [4.69, 9.17) is 0 Å². The molecule has 1 heterocycles. The van der Waals surface area contributed by atoms with Crippen molar-refractivity contribution in [2.45, 2.75) is 53.1 Å². The number of nitrogens with one attached hydrogen (secondary N) is 2. The Hall–Kier alpha value is -0.220. The van der Waals surface area contributed by atoms with E-state index in [1.54, 1.807) is 0 Å². The molecule has 0 radical (unpaired) electrons. The first-order chi connectivity index (χ1) is 8.30. The summed E-state index contributed by atoms with van der Waals surface area (Å²) in [5.74, 6) is 2.96. The topological polar surface area (TPSA) is 41.1 Å². The van der Waals surface area contributed by atoms with E-state index in [0.717, 1.165) is 18.7 Å². The second kappa shape index (κ2) is 6.80. The van der Waals surface area contributed by atoms with Gasteiger partial charge < -0.3 is 10.6 Å². The van der Waals surface area contributed by atoms with Crippen molar-refractivity contribution in [2.24, 2.45) is 11.3 Å². The van der Waals surface area contributed by atoms with Gasteiger partial charge in [0.15, 0.2) is 0 Å². The van der Waals surface area contributed by atoms with Crippen LogP contribution in [0.15, 0.2) is 0 Å². The summed E-state index contributed by atoms with van der Waals surface area (Å²) in [6, 6.07) is 0.363. The van der Waals surface area contributed by atoms with E-state index in [1.165, 1.54) is 5.75 Å². The van der Waals surface area contributed by atoms with Crippen LogP contribution in [0.3, 0.4) is 0 Å². The average molecular weight is 272 g/mol. The third kappa shape index (κ3) is 5.61. The molecule has 2 unspecified atom stereocenters. The zero-order valence-corrected chi connectivity index (χ0v) is 13.2. The number of carbonyl (C=O) groups excluding carboxylic acids is 1. The van der Waals surface area contributed by atoms with Crippen molar-refractivity contribution < 1.29 is 4.79 Å². The van der Waals surface area contributed by atoms with E-state index in [0.29, 0.717) is 17.4 Å².